The zero-order valence-electron chi connectivity index (χ0n) is 14.3. The number of carbonyl (C=O) groups is 3. The first kappa shape index (κ1) is 17.3. The molecule has 2 aliphatic rings. The molecule has 1 fully saturated rings. The van der Waals surface area contributed by atoms with Crippen molar-refractivity contribution in [1.29, 1.82) is 0 Å². The lowest BCUT2D eigenvalue weighted by Crippen LogP contribution is -2.41. The topological polar surface area (TPSA) is 76.1 Å². The lowest BCUT2D eigenvalue weighted by Gasteiger charge is -2.29. The molecular weight excluding hydrogens is 324 g/mol. The molecule has 7 nitrogen and oxygen atoms in total. The highest BCUT2D eigenvalue weighted by molar-refractivity contribution is 5.98. The van der Waals surface area contributed by atoms with Gasteiger partial charge in [0.05, 0.1) is 12.1 Å². The number of hydrogen-bond acceptors (Lipinski definition) is 5. The van der Waals surface area contributed by atoms with Gasteiger partial charge in [0.1, 0.15) is 5.75 Å². The average molecular weight is 346 g/mol. The van der Waals surface area contributed by atoms with Gasteiger partial charge in [0.15, 0.2) is 12.7 Å². The second-order valence-electron chi connectivity index (χ2n) is 6.22. The van der Waals surface area contributed by atoms with Crippen LogP contribution in [-0.2, 0) is 19.1 Å². The fourth-order valence-corrected chi connectivity index (χ4v) is 3.10. The molecular formula is C18H22N2O5. The van der Waals surface area contributed by atoms with Crippen molar-refractivity contribution in [3.63, 3.8) is 0 Å². The second-order valence-corrected chi connectivity index (χ2v) is 6.22. The Bertz CT molecular complexity index is 669. The molecule has 2 heterocycles. The summed E-state index contributed by atoms with van der Waals surface area (Å²) in [6.07, 6.45) is 1.21. The largest absolute Gasteiger partial charge is 0.482 e. The van der Waals surface area contributed by atoms with Crippen LogP contribution in [0.3, 0.4) is 0 Å². The molecule has 1 aromatic carbocycles. The van der Waals surface area contributed by atoms with E-state index in [-0.39, 0.29) is 31.4 Å². The summed E-state index contributed by atoms with van der Waals surface area (Å²) in [5.41, 5.74) is 0.646. The predicted octanol–water partition coefficient (Wildman–Crippen LogP) is 1.36. The van der Waals surface area contributed by atoms with Crippen molar-refractivity contribution in [2.75, 3.05) is 31.1 Å². The molecule has 0 aliphatic carbocycles. The number of amides is 2. The fraction of sp³-hybridized carbons (Fsp3) is 0.500. The molecule has 1 aromatic rings. The van der Waals surface area contributed by atoms with Crippen molar-refractivity contribution in [3.8, 4) is 5.75 Å². The van der Waals surface area contributed by atoms with Crippen LogP contribution in [-0.4, -0.2) is 55.0 Å². The number of anilines is 1. The number of para-hydroxylation sites is 2. The van der Waals surface area contributed by atoms with Gasteiger partial charge < -0.3 is 19.3 Å². The molecule has 3 rings (SSSR count). The molecule has 0 aromatic heterocycles. The van der Waals surface area contributed by atoms with E-state index in [1.54, 1.807) is 24.0 Å². The van der Waals surface area contributed by atoms with E-state index >= 15 is 0 Å². The van der Waals surface area contributed by atoms with E-state index in [1.165, 1.54) is 4.90 Å². The van der Waals surface area contributed by atoms with Crippen LogP contribution in [0.1, 0.15) is 26.2 Å². The third-order valence-electron chi connectivity index (χ3n) is 4.42. The Labute approximate surface area is 146 Å². The van der Waals surface area contributed by atoms with Crippen molar-refractivity contribution in [3.05, 3.63) is 24.3 Å². The highest BCUT2D eigenvalue weighted by Crippen LogP contribution is 2.31. The molecule has 1 saturated heterocycles. The van der Waals surface area contributed by atoms with E-state index in [9.17, 15) is 14.4 Å². The monoisotopic (exact) mass is 346 g/mol. The van der Waals surface area contributed by atoms with E-state index in [2.05, 4.69) is 0 Å². The highest BCUT2D eigenvalue weighted by Gasteiger charge is 2.28. The summed E-state index contributed by atoms with van der Waals surface area (Å²) in [4.78, 5) is 39.5. The first-order valence-electron chi connectivity index (χ1n) is 8.56. The lowest BCUT2D eigenvalue weighted by molar-refractivity contribution is -0.158. The Morgan fingerprint density at radius 1 is 1.24 bits per heavy atom. The maximum Gasteiger partial charge on any atom is 0.308 e. The molecule has 0 spiro atoms. The second kappa shape index (κ2) is 7.55. The van der Waals surface area contributed by atoms with E-state index < -0.39 is 12.1 Å². The van der Waals surface area contributed by atoms with Crippen molar-refractivity contribution < 1.29 is 23.9 Å². The van der Waals surface area contributed by atoms with Crippen LogP contribution < -0.4 is 9.64 Å². The quantitative estimate of drug-likeness (QED) is 0.753. The molecule has 0 radical (unpaired) electrons. The highest BCUT2D eigenvalue weighted by atomic mass is 16.5. The Hall–Kier alpha value is -2.57. The molecule has 2 amide bonds. The fourth-order valence-electron chi connectivity index (χ4n) is 3.10. The predicted molar refractivity (Wildman–Crippen MR) is 90.3 cm³/mol. The molecule has 7 heteroatoms. The summed E-state index contributed by atoms with van der Waals surface area (Å²) in [6.45, 7) is 3.19. The number of carbonyl (C=O) groups excluding carboxylic acids is 3. The summed E-state index contributed by atoms with van der Waals surface area (Å²) in [5.74, 6) is -0.226. The Kier molecular flexibility index (Phi) is 5.21. The van der Waals surface area contributed by atoms with E-state index in [0.29, 0.717) is 11.4 Å². The van der Waals surface area contributed by atoms with Crippen LogP contribution in [0.2, 0.25) is 0 Å². The Balaban J connectivity index is 1.53. The minimum Gasteiger partial charge on any atom is -0.482 e. The van der Waals surface area contributed by atoms with Gasteiger partial charge in [0.25, 0.3) is 11.8 Å². The molecule has 25 heavy (non-hydrogen) atoms. The van der Waals surface area contributed by atoms with Gasteiger partial charge in [-0.05, 0) is 31.9 Å². The molecule has 134 valence electrons. The number of rotatable bonds is 5. The molecule has 0 unspecified atom stereocenters. The van der Waals surface area contributed by atoms with Crippen LogP contribution in [0, 0.1) is 0 Å². The van der Waals surface area contributed by atoms with Crippen LogP contribution >= 0.6 is 0 Å². The van der Waals surface area contributed by atoms with Gasteiger partial charge in [-0.3, -0.25) is 14.4 Å². The van der Waals surface area contributed by atoms with Gasteiger partial charge in [-0.2, -0.15) is 0 Å². The standard InChI is InChI=1S/C18H22N2O5/c1-13(18(23)19-9-4-5-10-19)25-17(22)8-11-20-14-6-2-3-7-15(14)24-12-16(20)21/h2-3,6-7,13H,4-5,8-12H2,1H3/t13-/m1/s1. The summed E-state index contributed by atoms with van der Waals surface area (Å²) in [6, 6.07) is 7.19. The maximum absolute atomic E-state index is 12.2. The Morgan fingerprint density at radius 3 is 2.72 bits per heavy atom. The number of hydrogen-bond donors (Lipinski definition) is 0. The smallest absolute Gasteiger partial charge is 0.308 e. The minimum absolute atomic E-state index is 0.0255. The summed E-state index contributed by atoms with van der Waals surface area (Å²) < 4.78 is 10.6. The number of fused-ring (bicyclic) bond motifs is 1. The van der Waals surface area contributed by atoms with Crippen LogP contribution in [0.15, 0.2) is 24.3 Å². The molecule has 0 saturated carbocycles. The van der Waals surface area contributed by atoms with Crippen molar-refractivity contribution in [2.45, 2.75) is 32.3 Å². The van der Waals surface area contributed by atoms with Gasteiger partial charge >= 0.3 is 5.97 Å². The van der Waals surface area contributed by atoms with E-state index in [1.807, 2.05) is 12.1 Å². The minimum atomic E-state index is -0.793. The number of benzene rings is 1. The summed E-state index contributed by atoms with van der Waals surface area (Å²) >= 11 is 0. The zero-order chi connectivity index (χ0) is 17.8. The van der Waals surface area contributed by atoms with Crippen LogP contribution in [0.4, 0.5) is 5.69 Å². The van der Waals surface area contributed by atoms with Crippen LogP contribution in [0.5, 0.6) is 5.75 Å². The number of likely N-dealkylation sites (tertiary alicyclic amines) is 1. The van der Waals surface area contributed by atoms with Crippen molar-refractivity contribution in [1.82, 2.24) is 4.90 Å². The van der Waals surface area contributed by atoms with E-state index in [4.69, 9.17) is 9.47 Å². The van der Waals surface area contributed by atoms with E-state index in [0.717, 1.165) is 25.9 Å². The number of esters is 1. The third-order valence-corrected chi connectivity index (χ3v) is 4.42. The molecule has 2 aliphatic heterocycles. The van der Waals surface area contributed by atoms with Crippen molar-refractivity contribution >= 4 is 23.5 Å². The number of nitrogens with zero attached hydrogens (tertiary/aromatic N) is 2. The Morgan fingerprint density at radius 2 is 1.96 bits per heavy atom. The lowest BCUT2D eigenvalue weighted by atomic mass is 10.2. The van der Waals surface area contributed by atoms with Crippen LogP contribution in [0.25, 0.3) is 0 Å². The molecule has 1 atom stereocenters. The van der Waals surface area contributed by atoms with Crippen molar-refractivity contribution in [2.24, 2.45) is 0 Å². The van der Waals surface area contributed by atoms with Gasteiger partial charge in [-0.15, -0.1) is 0 Å². The van der Waals surface area contributed by atoms with Gasteiger partial charge in [0, 0.05) is 19.6 Å². The summed E-state index contributed by atoms with van der Waals surface area (Å²) in [5, 5.41) is 0. The summed E-state index contributed by atoms with van der Waals surface area (Å²) in [7, 11) is 0. The SMILES string of the molecule is C[C@@H](OC(=O)CCN1C(=O)COc2ccccc21)C(=O)N1CCCC1. The first-order chi connectivity index (χ1) is 12.1. The van der Waals surface area contributed by atoms with Gasteiger partial charge in [-0.1, -0.05) is 12.1 Å². The van der Waals surface area contributed by atoms with Gasteiger partial charge in [-0.25, -0.2) is 0 Å². The molecule has 0 N–H and O–H groups in total. The average Bonchev–Trinajstić information content (AvgIpc) is 3.14. The first-order valence-corrected chi connectivity index (χ1v) is 8.56. The normalized spacial score (nSPS) is 17.7. The third kappa shape index (κ3) is 3.92. The maximum atomic E-state index is 12.2. The number of ether oxygens (including phenoxy) is 2. The van der Waals surface area contributed by atoms with Gasteiger partial charge in [0.2, 0.25) is 0 Å². The molecule has 0 bridgehead atoms. The zero-order valence-corrected chi connectivity index (χ0v) is 14.3.